The van der Waals surface area contributed by atoms with Gasteiger partial charge in [0.05, 0.1) is 5.02 Å². The van der Waals surface area contributed by atoms with Crippen LogP contribution in [0.15, 0.2) is 47.2 Å². The van der Waals surface area contributed by atoms with Gasteiger partial charge in [0.1, 0.15) is 4.60 Å². The first-order valence-corrected chi connectivity index (χ1v) is 5.76. The highest BCUT2D eigenvalue weighted by atomic mass is 79.9. The van der Waals surface area contributed by atoms with Crippen molar-refractivity contribution < 1.29 is 4.79 Å². The van der Waals surface area contributed by atoms with E-state index in [1.54, 1.807) is 36.4 Å². The maximum absolute atomic E-state index is 12.0. The third-order valence-corrected chi connectivity index (χ3v) is 2.91. The first kappa shape index (κ1) is 11.3. The van der Waals surface area contributed by atoms with Crippen LogP contribution in [-0.2, 0) is 0 Å². The van der Waals surface area contributed by atoms with Crippen molar-refractivity contribution in [2.24, 2.45) is 0 Å². The van der Waals surface area contributed by atoms with Crippen molar-refractivity contribution in [3.05, 3.63) is 63.3 Å². The van der Waals surface area contributed by atoms with Crippen LogP contribution in [0, 0.1) is 0 Å². The van der Waals surface area contributed by atoms with E-state index in [-0.39, 0.29) is 5.78 Å². The maximum Gasteiger partial charge on any atom is 0.196 e. The highest BCUT2D eigenvalue weighted by molar-refractivity contribution is 9.10. The van der Waals surface area contributed by atoms with Gasteiger partial charge in [0, 0.05) is 17.3 Å². The number of ketones is 1. The lowest BCUT2D eigenvalue weighted by Crippen LogP contribution is -2.02. The van der Waals surface area contributed by atoms with Crippen LogP contribution in [0.1, 0.15) is 15.9 Å². The van der Waals surface area contributed by atoms with Crippen LogP contribution in [0.3, 0.4) is 0 Å². The summed E-state index contributed by atoms with van der Waals surface area (Å²) >= 11 is 9.17. The van der Waals surface area contributed by atoms with Crippen molar-refractivity contribution in [1.82, 2.24) is 4.98 Å². The molecule has 80 valence electrons. The maximum atomic E-state index is 12.0. The minimum absolute atomic E-state index is 0.120. The standard InChI is InChI=1S/C12H7BrClNO/c13-11-6-5-8(7-15-11)12(16)9-3-1-2-4-10(9)14/h1-7H. The second-order valence-corrected chi connectivity index (χ2v) is 4.40. The van der Waals surface area contributed by atoms with Gasteiger partial charge in [0.15, 0.2) is 5.78 Å². The first-order valence-electron chi connectivity index (χ1n) is 4.59. The van der Waals surface area contributed by atoms with Crippen LogP contribution >= 0.6 is 27.5 Å². The van der Waals surface area contributed by atoms with Crippen LogP contribution < -0.4 is 0 Å². The topological polar surface area (TPSA) is 30.0 Å². The van der Waals surface area contributed by atoms with Gasteiger partial charge in [0.2, 0.25) is 0 Å². The molecule has 0 atom stereocenters. The summed E-state index contributed by atoms with van der Waals surface area (Å²) in [6.07, 6.45) is 1.52. The van der Waals surface area contributed by atoms with Crippen molar-refractivity contribution in [2.45, 2.75) is 0 Å². The molecule has 0 unspecified atom stereocenters. The Kier molecular flexibility index (Phi) is 3.36. The summed E-state index contributed by atoms with van der Waals surface area (Å²) in [5.74, 6) is -0.120. The van der Waals surface area contributed by atoms with Crippen LogP contribution in [0.5, 0.6) is 0 Å². The summed E-state index contributed by atoms with van der Waals surface area (Å²) in [5.41, 5.74) is 1.02. The van der Waals surface area contributed by atoms with Crippen LogP contribution in [-0.4, -0.2) is 10.8 Å². The highest BCUT2D eigenvalue weighted by Crippen LogP contribution is 2.19. The largest absolute Gasteiger partial charge is 0.288 e. The quantitative estimate of drug-likeness (QED) is 0.624. The minimum Gasteiger partial charge on any atom is -0.288 e. The predicted octanol–water partition coefficient (Wildman–Crippen LogP) is 3.73. The zero-order valence-corrected chi connectivity index (χ0v) is 10.5. The lowest BCUT2D eigenvalue weighted by atomic mass is 10.1. The van der Waals surface area contributed by atoms with Crippen LogP contribution in [0.2, 0.25) is 5.02 Å². The van der Waals surface area contributed by atoms with Gasteiger partial charge in [-0.3, -0.25) is 4.79 Å². The monoisotopic (exact) mass is 295 g/mol. The molecular formula is C12H7BrClNO. The summed E-state index contributed by atoms with van der Waals surface area (Å²) in [6, 6.07) is 10.4. The Balaban J connectivity index is 2.40. The third-order valence-electron chi connectivity index (χ3n) is 2.11. The number of benzene rings is 1. The van der Waals surface area contributed by atoms with Crippen LogP contribution in [0.4, 0.5) is 0 Å². The lowest BCUT2D eigenvalue weighted by Gasteiger charge is -2.02. The average molecular weight is 297 g/mol. The number of nitrogens with zero attached hydrogens (tertiary/aromatic N) is 1. The smallest absolute Gasteiger partial charge is 0.196 e. The van der Waals surface area contributed by atoms with E-state index >= 15 is 0 Å². The van der Waals surface area contributed by atoms with E-state index in [1.165, 1.54) is 6.20 Å². The van der Waals surface area contributed by atoms with E-state index in [2.05, 4.69) is 20.9 Å². The van der Waals surface area contributed by atoms with E-state index in [4.69, 9.17) is 11.6 Å². The number of pyridine rings is 1. The number of hydrogen-bond acceptors (Lipinski definition) is 2. The molecule has 4 heteroatoms. The van der Waals surface area contributed by atoms with Gasteiger partial charge < -0.3 is 0 Å². The SMILES string of the molecule is O=C(c1ccc(Br)nc1)c1ccccc1Cl. The fourth-order valence-electron chi connectivity index (χ4n) is 1.31. The minimum atomic E-state index is -0.120. The number of rotatable bonds is 2. The Labute approximate surface area is 106 Å². The Hall–Kier alpha value is -1.19. The Morgan fingerprint density at radius 3 is 2.56 bits per heavy atom. The van der Waals surface area contributed by atoms with E-state index in [9.17, 15) is 4.79 Å². The van der Waals surface area contributed by atoms with E-state index in [1.807, 2.05) is 0 Å². The van der Waals surface area contributed by atoms with Crippen LogP contribution in [0.25, 0.3) is 0 Å². The van der Waals surface area contributed by atoms with Gasteiger partial charge in [0.25, 0.3) is 0 Å². The molecular weight excluding hydrogens is 289 g/mol. The summed E-state index contributed by atoms with van der Waals surface area (Å²) in [5, 5.41) is 0.454. The van der Waals surface area contributed by atoms with Crippen molar-refractivity contribution >= 4 is 33.3 Å². The molecule has 0 spiro atoms. The number of halogens is 2. The molecule has 2 aromatic rings. The number of hydrogen-bond donors (Lipinski definition) is 0. The summed E-state index contributed by atoms with van der Waals surface area (Å²) in [4.78, 5) is 16.0. The molecule has 0 saturated carbocycles. The molecule has 0 aliphatic carbocycles. The van der Waals surface area contributed by atoms with Crippen molar-refractivity contribution in [1.29, 1.82) is 0 Å². The van der Waals surface area contributed by atoms with Gasteiger partial charge >= 0.3 is 0 Å². The molecule has 2 rings (SSSR count). The van der Waals surface area contributed by atoms with Gasteiger partial charge in [-0.15, -0.1) is 0 Å². The molecule has 0 N–H and O–H groups in total. The fourth-order valence-corrected chi connectivity index (χ4v) is 1.77. The summed E-state index contributed by atoms with van der Waals surface area (Å²) in [7, 11) is 0. The predicted molar refractivity (Wildman–Crippen MR) is 66.8 cm³/mol. The molecule has 1 aromatic heterocycles. The fraction of sp³-hybridized carbons (Fsp3) is 0. The van der Waals surface area contributed by atoms with Gasteiger partial charge in [-0.1, -0.05) is 23.7 Å². The second kappa shape index (κ2) is 4.76. The molecule has 2 nitrogen and oxygen atoms in total. The molecule has 0 amide bonds. The molecule has 0 aliphatic heterocycles. The molecule has 0 radical (unpaired) electrons. The molecule has 0 aliphatic rings. The van der Waals surface area contributed by atoms with E-state index in [0.29, 0.717) is 20.8 Å². The number of aromatic nitrogens is 1. The molecule has 16 heavy (non-hydrogen) atoms. The lowest BCUT2D eigenvalue weighted by molar-refractivity contribution is 0.103. The normalized spacial score (nSPS) is 10.1. The number of carbonyl (C=O) groups excluding carboxylic acids is 1. The Morgan fingerprint density at radius 2 is 1.94 bits per heavy atom. The number of carbonyl (C=O) groups is 1. The summed E-state index contributed by atoms with van der Waals surface area (Å²) in [6.45, 7) is 0. The van der Waals surface area contributed by atoms with Crippen molar-refractivity contribution in [2.75, 3.05) is 0 Å². The Morgan fingerprint density at radius 1 is 1.19 bits per heavy atom. The van der Waals surface area contributed by atoms with Crippen molar-refractivity contribution in [3.8, 4) is 0 Å². The Bertz CT molecular complexity index is 525. The zero-order chi connectivity index (χ0) is 11.5. The van der Waals surface area contributed by atoms with Gasteiger partial charge in [-0.2, -0.15) is 0 Å². The van der Waals surface area contributed by atoms with E-state index in [0.717, 1.165) is 0 Å². The van der Waals surface area contributed by atoms with E-state index < -0.39 is 0 Å². The molecule has 1 heterocycles. The van der Waals surface area contributed by atoms with Gasteiger partial charge in [-0.05, 0) is 40.2 Å². The summed E-state index contributed by atoms with van der Waals surface area (Å²) < 4.78 is 0.697. The van der Waals surface area contributed by atoms with Crippen molar-refractivity contribution in [3.63, 3.8) is 0 Å². The molecule has 0 fully saturated rings. The van der Waals surface area contributed by atoms with Gasteiger partial charge in [-0.25, -0.2) is 4.98 Å². The first-order chi connectivity index (χ1) is 7.68. The highest BCUT2D eigenvalue weighted by Gasteiger charge is 2.12. The molecule has 1 aromatic carbocycles. The zero-order valence-electron chi connectivity index (χ0n) is 8.15. The molecule has 0 bridgehead atoms. The average Bonchev–Trinajstić information content (AvgIpc) is 2.30. The molecule has 0 saturated heterocycles. The second-order valence-electron chi connectivity index (χ2n) is 3.18. The third kappa shape index (κ3) is 2.31.